The third kappa shape index (κ3) is 4.25. The van der Waals surface area contributed by atoms with E-state index in [9.17, 15) is 9.59 Å². The van der Waals surface area contributed by atoms with Gasteiger partial charge in [-0.15, -0.1) is 0 Å². The van der Waals surface area contributed by atoms with Crippen LogP contribution in [-0.2, 0) is 9.53 Å². The van der Waals surface area contributed by atoms with Gasteiger partial charge in [0, 0.05) is 16.7 Å². The van der Waals surface area contributed by atoms with E-state index in [1.165, 1.54) is 4.90 Å². The number of anilines is 1. The molecule has 1 aliphatic heterocycles. The first kappa shape index (κ1) is 17.8. The number of nitrogens with one attached hydrogen (secondary N) is 1. The average Bonchev–Trinajstić information content (AvgIpc) is 2.29. The third-order valence-corrected chi connectivity index (χ3v) is 4.15. The maximum atomic E-state index is 12.5. The Balaban J connectivity index is 2.06. The molecule has 1 N–H and O–H groups in total. The molecule has 2 amide bonds. The molecule has 0 saturated carbocycles. The maximum absolute atomic E-state index is 12.5. The van der Waals surface area contributed by atoms with Crippen molar-refractivity contribution in [3.05, 3.63) is 27.7 Å². The van der Waals surface area contributed by atoms with Crippen LogP contribution in [0.25, 0.3) is 0 Å². The van der Waals surface area contributed by atoms with Crippen molar-refractivity contribution < 1.29 is 14.3 Å². The standard InChI is InChI=1S/C17H23BrN2O3/c1-10-8-12(18)9-11(2)14(10)19-15(21)13-6-7-20(13)16(22)23-17(3,4)5/h8-9,13H,6-7H2,1-5H3,(H,19,21). The number of hydrogen-bond donors (Lipinski definition) is 1. The molecule has 1 aromatic carbocycles. The Kier molecular flexibility index (Phi) is 5.04. The van der Waals surface area contributed by atoms with Crippen LogP contribution in [0.2, 0.25) is 0 Å². The van der Waals surface area contributed by atoms with Gasteiger partial charge in [0.25, 0.3) is 0 Å². The quantitative estimate of drug-likeness (QED) is 0.840. The molecule has 0 bridgehead atoms. The molecule has 1 heterocycles. The Morgan fingerprint density at radius 3 is 2.26 bits per heavy atom. The summed E-state index contributed by atoms with van der Waals surface area (Å²) in [5.41, 5.74) is 2.20. The van der Waals surface area contributed by atoms with Gasteiger partial charge in [-0.3, -0.25) is 9.69 Å². The fraction of sp³-hybridized carbons (Fsp3) is 0.529. The van der Waals surface area contributed by atoms with Gasteiger partial charge in [0.15, 0.2) is 0 Å². The molecule has 126 valence electrons. The van der Waals surface area contributed by atoms with Crippen molar-refractivity contribution in [1.29, 1.82) is 0 Å². The van der Waals surface area contributed by atoms with E-state index in [0.29, 0.717) is 13.0 Å². The molecule has 0 aromatic heterocycles. The molecule has 1 aromatic rings. The van der Waals surface area contributed by atoms with Crippen LogP contribution in [0, 0.1) is 13.8 Å². The molecule has 1 aliphatic rings. The monoisotopic (exact) mass is 382 g/mol. The Morgan fingerprint density at radius 1 is 1.26 bits per heavy atom. The lowest BCUT2D eigenvalue weighted by Gasteiger charge is -2.40. The Labute approximate surface area is 145 Å². The molecule has 0 aliphatic carbocycles. The molecule has 2 rings (SSSR count). The van der Waals surface area contributed by atoms with Crippen molar-refractivity contribution in [3.63, 3.8) is 0 Å². The van der Waals surface area contributed by atoms with Crippen molar-refractivity contribution in [2.24, 2.45) is 0 Å². The van der Waals surface area contributed by atoms with Crippen LogP contribution >= 0.6 is 15.9 Å². The van der Waals surface area contributed by atoms with Crippen molar-refractivity contribution >= 4 is 33.6 Å². The van der Waals surface area contributed by atoms with Gasteiger partial charge in [-0.25, -0.2) is 4.79 Å². The molecular formula is C17H23BrN2O3. The van der Waals surface area contributed by atoms with Crippen LogP contribution in [0.4, 0.5) is 10.5 Å². The highest BCUT2D eigenvalue weighted by Gasteiger charge is 2.40. The minimum atomic E-state index is -0.563. The number of carbonyl (C=O) groups excluding carboxylic acids is 2. The van der Waals surface area contributed by atoms with Crippen LogP contribution in [0.1, 0.15) is 38.3 Å². The second-order valence-electron chi connectivity index (χ2n) is 6.88. The predicted octanol–water partition coefficient (Wildman–Crippen LogP) is 4.01. The lowest BCUT2D eigenvalue weighted by atomic mass is 10.0. The Hall–Kier alpha value is -1.56. The largest absolute Gasteiger partial charge is 0.444 e. The Morgan fingerprint density at radius 2 is 1.83 bits per heavy atom. The highest BCUT2D eigenvalue weighted by Crippen LogP contribution is 2.27. The summed E-state index contributed by atoms with van der Waals surface area (Å²) >= 11 is 3.44. The fourth-order valence-corrected chi connectivity index (χ4v) is 3.20. The molecule has 1 fully saturated rings. The zero-order valence-electron chi connectivity index (χ0n) is 14.2. The van der Waals surface area contributed by atoms with Crippen LogP contribution in [0.3, 0.4) is 0 Å². The zero-order chi connectivity index (χ0) is 17.4. The van der Waals surface area contributed by atoms with Crippen molar-refractivity contribution in [1.82, 2.24) is 4.90 Å². The van der Waals surface area contributed by atoms with E-state index in [4.69, 9.17) is 4.74 Å². The molecule has 0 radical (unpaired) electrons. The lowest BCUT2D eigenvalue weighted by Crippen LogP contribution is -2.57. The number of hydrogen-bond acceptors (Lipinski definition) is 3. The minimum Gasteiger partial charge on any atom is -0.444 e. The van der Waals surface area contributed by atoms with Gasteiger partial charge in [-0.1, -0.05) is 15.9 Å². The van der Waals surface area contributed by atoms with E-state index in [1.54, 1.807) is 0 Å². The van der Waals surface area contributed by atoms with Gasteiger partial charge in [0.05, 0.1) is 0 Å². The predicted molar refractivity (Wildman–Crippen MR) is 93.6 cm³/mol. The van der Waals surface area contributed by atoms with Crippen molar-refractivity contribution in [2.75, 3.05) is 11.9 Å². The van der Waals surface area contributed by atoms with E-state index in [2.05, 4.69) is 21.2 Å². The number of rotatable bonds is 2. The number of ether oxygens (including phenoxy) is 1. The van der Waals surface area contributed by atoms with Crippen LogP contribution in [-0.4, -0.2) is 35.1 Å². The molecule has 1 atom stereocenters. The number of benzene rings is 1. The molecule has 0 spiro atoms. The number of likely N-dealkylation sites (tertiary alicyclic amines) is 1. The summed E-state index contributed by atoms with van der Waals surface area (Å²) in [5.74, 6) is -0.171. The highest BCUT2D eigenvalue weighted by atomic mass is 79.9. The highest BCUT2D eigenvalue weighted by molar-refractivity contribution is 9.10. The normalized spacial score (nSPS) is 17.5. The summed E-state index contributed by atoms with van der Waals surface area (Å²) in [5, 5.41) is 2.95. The summed E-state index contributed by atoms with van der Waals surface area (Å²) in [7, 11) is 0. The second kappa shape index (κ2) is 6.51. The summed E-state index contributed by atoms with van der Waals surface area (Å²) in [4.78, 5) is 26.1. The minimum absolute atomic E-state index is 0.171. The van der Waals surface area contributed by atoms with Crippen LogP contribution < -0.4 is 5.32 Å². The summed E-state index contributed by atoms with van der Waals surface area (Å²) in [6.07, 6.45) is 0.216. The van der Waals surface area contributed by atoms with E-state index in [-0.39, 0.29) is 5.91 Å². The number of nitrogens with zero attached hydrogens (tertiary/aromatic N) is 1. The number of carbonyl (C=O) groups is 2. The fourth-order valence-electron chi connectivity index (χ4n) is 2.51. The molecule has 1 unspecified atom stereocenters. The number of halogens is 1. The van der Waals surface area contributed by atoms with E-state index in [1.807, 2.05) is 46.8 Å². The summed E-state index contributed by atoms with van der Waals surface area (Å²) in [6, 6.07) is 3.44. The first-order chi connectivity index (χ1) is 10.6. The average molecular weight is 383 g/mol. The van der Waals surface area contributed by atoms with Gasteiger partial charge in [-0.05, 0) is 64.3 Å². The van der Waals surface area contributed by atoms with E-state index < -0.39 is 17.7 Å². The molecule has 23 heavy (non-hydrogen) atoms. The van der Waals surface area contributed by atoms with Crippen LogP contribution in [0.15, 0.2) is 16.6 Å². The lowest BCUT2D eigenvalue weighted by molar-refractivity contribution is -0.125. The molecule has 5 nitrogen and oxygen atoms in total. The van der Waals surface area contributed by atoms with E-state index >= 15 is 0 Å². The maximum Gasteiger partial charge on any atom is 0.410 e. The molecular weight excluding hydrogens is 360 g/mol. The Bertz CT molecular complexity index is 614. The van der Waals surface area contributed by atoms with Crippen molar-refractivity contribution in [3.8, 4) is 0 Å². The SMILES string of the molecule is Cc1cc(Br)cc(C)c1NC(=O)C1CCN1C(=O)OC(C)(C)C. The number of amides is 2. The third-order valence-electron chi connectivity index (χ3n) is 3.70. The van der Waals surface area contributed by atoms with E-state index in [0.717, 1.165) is 21.3 Å². The van der Waals surface area contributed by atoms with Crippen LogP contribution in [0.5, 0.6) is 0 Å². The smallest absolute Gasteiger partial charge is 0.410 e. The first-order valence-corrected chi connectivity index (χ1v) is 8.45. The summed E-state index contributed by atoms with van der Waals surface area (Å²) < 4.78 is 6.31. The zero-order valence-corrected chi connectivity index (χ0v) is 15.8. The van der Waals surface area contributed by atoms with Gasteiger partial charge >= 0.3 is 6.09 Å². The first-order valence-electron chi connectivity index (χ1n) is 7.66. The second-order valence-corrected chi connectivity index (χ2v) is 7.80. The topological polar surface area (TPSA) is 58.6 Å². The van der Waals surface area contributed by atoms with Gasteiger partial charge in [-0.2, -0.15) is 0 Å². The van der Waals surface area contributed by atoms with Crippen molar-refractivity contribution in [2.45, 2.75) is 52.7 Å². The molecule has 1 saturated heterocycles. The van der Waals surface area contributed by atoms with Gasteiger partial charge < -0.3 is 10.1 Å². The summed E-state index contributed by atoms with van der Waals surface area (Å²) in [6.45, 7) is 9.88. The molecule has 6 heteroatoms. The van der Waals surface area contributed by atoms with Gasteiger partial charge in [0.2, 0.25) is 5.91 Å². The van der Waals surface area contributed by atoms with Gasteiger partial charge in [0.1, 0.15) is 11.6 Å². The number of aryl methyl sites for hydroxylation is 2.